The van der Waals surface area contributed by atoms with E-state index in [0.29, 0.717) is 12.4 Å². The molecule has 0 atom stereocenters. The van der Waals surface area contributed by atoms with Gasteiger partial charge < -0.3 is 9.84 Å². The van der Waals surface area contributed by atoms with Gasteiger partial charge in [0.15, 0.2) is 5.82 Å². The summed E-state index contributed by atoms with van der Waals surface area (Å²) in [7, 11) is 1.66. The van der Waals surface area contributed by atoms with Crippen LogP contribution in [0.25, 0.3) is 0 Å². The molecular weight excluding hydrogens is 158 g/mol. The fraction of sp³-hybridized carbons (Fsp3) is 0.714. The molecule has 1 aromatic heterocycles. The second-order valence-electron chi connectivity index (χ2n) is 2.45. The molecule has 0 spiro atoms. The summed E-state index contributed by atoms with van der Waals surface area (Å²) in [5.74, 6) is 1.25. The minimum Gasteiger partial charge on any atom is -0.388 e. The van der Waals surface area contributed by atoms with Crippen LogP contribution in [0.2, 0.25) is 0 Å². The summed E-state index contributed by atoms with van der Waals surface area (Å²) >= 11 is 0. The molecule has 68 valence electrons. The number of H-pyrrole nitrogens is 1. The lowest BCUT2D eigenvalue weighted by Crippen LogP contribution is -1.94. The number of hydrogen-bond donors (Lipinski definition) is 2. The molecule has 0 saturated carbocycles. The molecule has 1 heterocycles. The first-order valence-corrected chi connectivity index (χ1v) is 3.86. The number of rotatable bonds is 5. The molecule has 5 heteroatoms. The number of aromatic nitrogens is 3. The van der Waals surface area contributed by atoms with Crippen LogP contribution in [-0.4, -0.2) is 34.0 Å². The monoisotopic (exact) mass is 171 g/mol. The van der Waals surface area contributed by atoms with E-state index in [0.717, 1.165) is 18.7 Å². The molecule has 12 heavy (non-hydrogen) atoms. The molecule has 0 fully saturated rings. The average molecular weight is 171 g/mol. The standard InChI is InChI=1S/C7H13N3O2/c1-12-4-2-3-6-8-7(5-11)10-9-6/h11H,2-5H2,1H3,(H,8,9,10). The Balaban J connectivity index is 2.31. The number of aromatic amines is 1. The van der Waals surface area contributed by atoms with Gasteiger partial charge in [-0.3, -0.25) is 5.10 Å². The highest BCUT2D eigenvalue weighted by atomic mass is 16.5. The maximum atomic E-state index is 8.66. The van der Waals surface area contributed by atoms with Crippen LogP contribution in [0.3, 0.4) is 0 Å². The van der Waals surface area contributed by atoms with Gasteiger partial charge in [0.1, 0.15) is 12.4 Å². The van der Waals surface area contributed by atoms with E-state index in [1.54, 1.807) is 7.11 Å². The largest absolute Gasteiger partial charge is 0.388 e. The first kappa shape index (κ1) is 9.15. The first-order valence-electron chi connectivity index (χ1n) is 3.86. The summed E-state index contributed by atoms with van der Waals surface area (Å²) < 4.78 is 4.88. The molecule has 0 aliphatic rings. The van der Waals surface area contributed by atoms with Gasteiger partial charge in [0.05, 0.1) is 0 Å². The van der Waals surface area contributed by atoms with E-state index in [1.807, 2.05) is 0 Å². The zero-order chi connectivity index (χ0) is 8.81. The molecule has 0 aliphatic heterocycles. The lowest BCUT2D eigenvalue weighted by Gasteiger charge is -1.93. The Labute approximate surface area is 70.8 Å². The highest BCUT2D eigenvalue weighted by Gasteiger charge is 2.00. The SMILES string of the molecule is COCCCc1n[nH]c(CO)n1. The Kier molecular flexibility index (Phi) is 3.69. The number of aliphatic hydroxyl groups excluding tert-OH is 1. The molecule has 1 aromatic rings. The maximum Gasteiger partial charge on any atom is 0.150 e. The van der Waals surface area contributed by atoms with Crippen LogP contribution in [-0.2, 0) is 17.8 Å². The van der Waals surface area contributed by atoms with Gasteiger partial charge in [-0.1, -0.05) is 0 Å². The van der Waals surface area contributed by atoms with Crippen LogP contribution in [0.5, 0.6) is 0 Å². The number of aryl methyl sites for hydroxylation is 1. The summed E-state index contributed by atoms with van der Waals surface area (Å²) in [4.78, 5) is 4.03. The molecule has 0 saturated heterocycles. The van der Waals surface area contributed by atoms with E-state index >= 15 is 0 Å². The fourth-order valence-electron chi connectivity index (χ4n) is 0.892. The Morgan fingerprint density at radius 1 is 1.58 bits per heavy atom. The van der Waals surface area contributed by atoms with Crippen molar-refractivity contribution >= 4 is 0 Å². The van der Waals surface area contributed by atoms with Crippen molar-refractivity contribution in [3.63, 3.8) is 0 Å². The van der Waals surface area contributed by atoms with Crippen molar-refractivity contribution in [1.82, 2.24) is 15.2 Å². The summed E-state index contributed by atoms with van der Waals surface area (Å²) in [5.41, 5.74) is 0. The van der Waals surface area contributed by atoms with E-state index < -0.39 is 0 Å². The van der Waals surface area contributed by atoms with Gasteiger partial charge in [0.2, 0.25) is 0 Å². The predicted octanol–water partition coefficient (Wildman–Crippen LogP) is -0.124. The van der Waals surface area contributed by atoms with Crippen LogP contribution in [0.15, 0.2) is 0 Å². The van der Waals surface area contributed by atoms with Crippen molar-refractivity contribution in [1.29, 1.82) is 0 Å². The van der Waals surface area contributed by atoms with Crippen LogP contribution >= 0.6 is 0 Å². The van der Waals surface area contributed by atoms with Crippen LogP contribution < -0.4 is 0 Å². The number of hydrogen-bond acceptors (Lipinski definition) is 4. The normalized spacial score (nSPS) is 10.5. The fourth-order valence-corrected chi connectivity index (χ4v) is 0.892. The van der Waals surface area contributed by atoms with Crippen molar-refractivity contribution in [3.8, 4) is 0 Å². The van der Waals surface area contributed by atoms with Gasteiger partial charge in [-0.25, -0.2) is 4.98 Å². The Hall–Kier alpha value is -0.940. The van der Waals surface area contributed by atoms with Gasteiger partial charge >= 0.3 is 0 Å². The smallest absolute Gasteiger partial charge is 0.150 e. The lowest BCUT2D eigenvalue weighted by atomic mass is 10.3. The summed E-state index contributed by atoms with van der Waals surface area (Å²) in [5, 5.41) is 15.2. The van der Waals surface area contributed by atoms with Crippen LogP contribution in [0, 0.1) is 0 Å². The van der Waals surface area contributed by atoms with Gasteiger partial charge in [0.25, 0.3) is 0 Å². The van der Waals surface area contributed by atoms with E-state index in [4.69, 9.17) is 9.84 Å². The summed E-state index contributed by atoms with van der Waals surface area (Å²) in [6, 6.07) is 0. The minimum absolute atomic E-state index is 0.0860. The van der Waals surface area contributed by atoms with Gasteiger partial charge in [0, 0.05) is 20.1 Å². The zero-order valence-electron chi connectivity index (χ0n) is 7.08. The van der Waals surface area contributed by atoms with Crippen molar-refractivity contribution in [2.45, 2.75) is 19.4 Å². The molecule has 2 N–H and O–H groups in total. The quantitative estimate of drug-likeness (QED) is 0.606. The van der Waals surface area contributed by atoms with Crippen LogP contribution in [0.1, 0.15) is 18.1 Å². The molecular formula is C7H13N3O2. The molecule has 0 bridgehead atoms. The van der Waals surface area contributed by atoms with Crippen molar-refractivity contribution < 1.29 is 9.84 Å². The maximum absolute atomic E-state index is 8.66. The number of ether oxygens (including phenoxy) is 1. The topological polar surface area (TPSA) is 71.0 Å². The summed E-state index contributed by atoms with van der Waals surface area (Å²) in [6.07, 6.45) is 1.68. The van der Waals surface area contributed by atoms with Gasteiger partial charge in [-0.05, 0) is 6.42 Å². The van der Waals surface area contributed by atoms with E-state index in [2.05, 4.69) is 15.2 Å². The van der Waals surface area contributed by atoms with E-state index in [-0.39, 0.29) is 6.61 Å². The van der Waals surface area contributed by atoms with Crippen LogP contribution in [0.4, 0.5) is 0 Å². The second-order valence-corrected chi connectivity index (χ2v) is 2.45. The lowest BCUT2D eigenvalue weighted by molar-refractivity contribution is 0.194. The Bertz CT molecular complexity index is 224. The Morgan fingerprint density at radius 2 is 2.42 bits per heavy atom. The van der Waals surface area contributed by atoms with E-state index in [9.17, 15) is 0 Å². The van der Waals surface area contributed by atoms with E-state index in [1.165, 1.54) is 0 Å². The third kappa shape index (κ3) is 2.60. The van der Waals surface area contributed by atoms with Crippen molar-refractivity contribution in [3.05, 3.63) is 11.6 Å². The average Bonchev–Trinajstić information content (AvgIpc) is 2.53. The van der Waals surface area contributed by atoms with Crippen molar-refractivity contribution in [2.24, 2.45) is 0 Å². The highest BCUT2D eigenvalue weighted by molar-refractivity contribution is 4.88. The molecule has 5 nitrogen and oxygen atoms in total. The second kappa shape index (κ2) is 4.84. The van der Waals surface area contributed by atoms with Crippen molar-refractivity contribution in [2.75, 3.05) is 13.7 Å². The number of methoxy groups -OCH3 is 1. The van der Waals surface area contributed by atoms with Gasteiger partial charge in [-0.2, -0.15) is 5.10 Å². The Morgan fingerprint density at radius 3 is 3.00 bits per heavy atom. The molecule has 0 unspecified atom stereocenters. The van der Waals surface area contributed by atoms with Gasteiger partial charge in [-0.15, -0.1) is 0 Å². The highest BCUT2D eigenvalue weighted by Crippen LogP contribution is 1.96. The molecule has 0 amide bonds. The number of aliphatic hydroxyl groups is 1. The third-order valence-electron chi connectivity index (χ3n) is 1.48. The molecule has 0 radical (unpaired) electrons. The zero-order valence-corrected chi connectivity index (χ0v) is 7.08. The minimum atomic E-state index is -0.0860. The first-order chi connectivity index (χ1) is 5.86. The summed E-state index contributed by atoms with van der Waals surface area (Å²) in [6.45, 7) is 0.625. The number of nitrogens with zero attached hydrogens (tertiary/aromatic N) is 2. The molecule has 1 rings (SSSR count). The molecule has 0 aromatic carbocycles. The number of nitrogens with one attached hydrogen (secondary N) is 1. The molecule has 0 aliphatic carbocycles. The predicted molar refractivity (Wildman–Crippen MR) is 42.5 cm³/mol. The third-order valence-corrected chi connectivity index (χ3v) is 1.48.